The maximum absolute atomic E-state index is 12.9. The van der Waals surface area contributed by atoms with Gasteiger partial charge in [-0.25, -0.2) is 4.98 Å². The third-order valence-corrected chi connectivity index (χ3v) is 5.39. The Balaban J connectivity index is 1.67. The van der Waals surface area contributed by atoms with E-state index >= 15 is 0 Å². The van der Waals surface area contributed by atoms with Crippen LogP contribution in [0, 0.1) is 0 Å². The van der Waals surface area contributed by atoms with E-state index in [0.29, 0.717) is 10.0 Å². The summed E-state index contributed by atoms with van der Waals surface area (Å²) in [5.74, 6) is -0.568. The topological polar surface area (TPSA) is 68.0 Å². The van der Waals surface area contributed by atoms with Gasteiger partial charge in [-0.3, -0.25) is 4.79 Å². The molecule has 1 aromatic heterocycles. The summed E-state index contributed by atoms with van der Waals surface area (Å²) in [7, 11) is 0. The molecule has 130 valence electrons. The number of carbonyl (C=O) groups excluding carboxylic acids is 1. The summed E-state index contributed by atoms with van der Waals surface area (Å²) >= 11 is 2.55. The molecular weight excluding hydrogens is 371 g/mol. The van der Waals surface area contributed by atoms with E-state index in [1.807, 2.05) is 0 Å². The molecule has 0 radical (unpaired) electrons. The number of nitrogen functional groups attached to an aromatic ring is 1. The summed E-state index contributed by atoms with van der Waals surface area (Å²) in [6.07, 6.45) is -4.52. The fraction of sp³-hybridized carbons (Fsp3) is 0.125. The Morgan fingerprint density at radius 2 is 2.00 bits per heavy atom. The molecule has 0 aliphatic carbocycles. The molecule has 0 spiro atoms. The van der Waals surface area contributed by atoms with Gasteiger partial charge < -0.3 is 11.1 Å². The van der Waals surface area contributed by atoms with E-state index < -0.39 is 17.6 Å². The number of fused-ring (bicyclic) bond motifs is 1. The van der Waals surface area contributed by atoms with Crippen molar-refractivity contribution < 1.29 is 18.0 Å². The normalized spacial score (nSPS) is 11.6. The SMILES string of the molecule is Nc1ccc2nc(SCC(=O)Nc3ccccc3C(F)(F)F)sc2c1. The molecule has 0 saturated heterocycles. The number of hydrogen-bond donors (Lipinski definition) is 2. The zero-order valence-electron chi connectivity index (χ0n) is 12.6. The fourth-order valence-electron chi connectivity index (χ4n) is 2.13. The molecule has 0 atom stereocenters. The number of hydrogen-bond acceptors (Lipinski definition) is 5. The summed E-state index contributed by atoms with van der Waals surface area (Å²) < 4.78 is 40.3. The highest BCUT2D eigenvalue weighted by molar-refractivity contribution is 8.01. The van der Waals surface area contributed by atoms with Gasteiger partial charge >= 0.3 is 6.18 Å². The van der Waals surface area contributed by atoms with Gasteiger partial charge in [0.05, 0.1) is 27.2 Å². The first-order valence-electron chi connectivity index (χ1n) is 7.08. The molecule has 0 unspecified atom stereocenters. The second-order valence-electron chi connectivity index (χ2n) is 5.09. The van der Waals surface area contributed by atoms with Crippen molar-refractivity contribution in [3.8, 4) is 0 Å². The molecule has 4 nitrogen and oxygen atoms in total. The Morgan fingerprint density at radius 3 is 2.76 bits per heavy atom. The molecule has 3 rings (SSSR count). The summed E-state index contributed by atoms with van der Waals surface area (Å²) in [5.41, 5.74) is 5.97. The number of rotatable bonds is 4. The van der Waals surface area contributed by atoms with Gasteiger partial charge in [0.1, 0.15) is 0 Å². The van der Waals surface area contributed by atoms with Crippen LogP contribution in [0.3, 0.4) is 0 Å². The van der Waals surface area contributed by atoms with Crippen molar-refractivity contribution in [1.29, 1.82) is 0 Å². The van der Waals surface area contributed by atoms with Gasteiger partial charge in [-0.05, 0) is 30.3 Å². The van der Waals surface area contributed by atoms with Crippen molar-refractivity contribution in [2.24, 2.45) is 0 Å². The summed E-state index contributed by atoms with van der Waals surface area (Å²) in [5, 5.41) is 2.31. The maximum atomic E-state index is 12.9. The van der Waals surface area contributed by atoms with Crippen LogP contribution in [0.5, 0.6) is 0 Å². The second-order valence-corrected chi connectivity index (χ2v) is 7.34. The number of thiazole rings is 1. The zero-order chi connectivity index (χ0) is 18.0. The summed E-state index contributed by atoms with van der Waals surface area (Å²) in [6, 6.07) is 10.2. The van der Waals surface area contributed by atoms with Gasteiger partial charge in [0.15, 0.2) is 4.34 Å². The number of benzene rings is 2. The van der Waals surface area contributed by atoms with Crippen molar-refractivity contribution in [3.05, 3.63) is 48.0 Å². The van der Waals surface area contributed by atoms with E-state index in [1.54, 1.807) is 18.2 Å². The standard InChI is InChI=1S/C16H12F3N3OS2/c17-16(18,19)10-3-1-2-4-11(10)21-14(23)8-24-15-22-12-6-5-9(20)7-13(12)25-15/h1-7H,8,20H2,(H,21,23). The van der Waals surface area contributed by atoms with Gasteiger partial charge in [-0.15, -0.1) is 11.3 Å². The molecular formula is C16H12F3N3OS2. The van der Waals surface area contributed by atoms with Crippen LogP contribution >= 0.6 is 23.1 Å². The smallest absolute Gasteiger partial charge is 0.399 e. The largest absolute Gasteiger partial charge is 0.418 e. The highest BCUT2D eigenvalue weighted by Crippen LogP contribution is 2.35. The number of nitrogens with zero attached hydrogens (tertiary/aromatic N) is 1. The average Bonchev–Trinajstić information content (AvgIpc) is 2.94. The lowest BCUT2D eigenvalue weighted by Crippen LogP contribution is -2.18. The molecule has 1 heterocycles. The Labute approximate surface area is 149 Å². The number of carbonyl (C=O) groups is 1. The Bertz CT molecular complexity index is 924. The van der Waals surface area contributed by atoms with E-state index in [1.165, 1.54) is 41.3 Å². The molecule has 0 bridgehead atoms. The Hall–Kier alpha value is -2.26. The number of nitrogens with two attached hydrogens (primary N) is 1. The predicted molar refractivity (Wildman–Crippen MR) is 94.8 cm³/mol. The number of nitrogens with one attached hydrogen (secondary N) is 1. The number of para-hydroxylation sites is 1. The molecule has 25 heavy (non-hydrogen) atoms. The van der Waals surface area contributed by atoms with Gasteiger partial charge in [-0.2, -0.15) is 13.2 Å². The lowest BCUT2D eigenvalue weighted by molar-refractivity contribution is -0.137. The molecule has 0 saturated carbocycles. The van der Waals surface area contributed by atoms with Crippen molar-refractivity contribution in [1.82, 2.24) is 4.98 Å². The number of alkyl halides is 3. The van der Waals surface area contributed by atoms with E-state index in [4.69, 9.17) is 5.73 Å². The molecule has 9 heteroatoms. The summed E-state index contributed by atoms with van der Waals surface area (Å²) in [4.78, 5) is 16.3. The first-order chi connectivity index (χ1) is 11.8. The highest BCUT2D eigenvalue weighted by atomic mass is 32.2. The fourth-order valence-corrected chi connectivity index (χ4v) is 4.05. The summed E-state index contributed by atoms with van der Waals surface area (Å²) in [6.45, 7) is 0. The van der Waals surface area contributed by atoms with Crippen LogP contribution in [0.15, 0.2) is 46.8 Å². The lowest BCUT2D eigenvalue weighted by Gasteiger charge is -2.13. The minimum absolute atomic E-state index is 0.0402. The van der Waals surface area contributed by atoms with Gasteiger partial charge in [0.25, 0.3) is 0 Å². The molecule has 3 aromatic rings. The van der Waals surface area contributed by atoms with Gasteiger partial charge in [-0.1, -0.05) is 23.9 Å². The minimum atomic E-state index is -4.52. The highest BCUT2D eigenvalue weighted by Gasteiger charge is 2.33. The number of thioether (sulfide) groups is 1. The predicted octanol–water partition coefficient (Wildman–Crippen LogP) is 4.63. The van der Waals surface area contributed by atoms with Crippen molar-refractivity contribution in [2.45, 2.75) is 10.5 Å². The van der Waals surface area contributed by atoms with Crippen molar-refractivity contribution in [3.63, 3.8) is 0 Å². The molecule has 0 fully saturated rings. The molecule has 1 amide bonds. The monoisotopic (exact) mass is 383 g/mol. The van der Waals surface area contributed by atoms with E-state index in [-0.39, 0.29) is 11.4 Å². The van der Waals surface area contributed by atoms with Crippen LogP contribution in [0.2, 0.25) is 0 Å². The molecule has 3 N–H and O–H groups in total. The third kappa shape index (κ3) is 4.23. The van der Waals surface area contributed by atoms with Gasteiger partial charge in [0.2, 0.25) is 5.91 Å². The minimum Gasteiger partial charge on any atom is -0.399 e. The molecule has 2 aromatic carbocycles. The average molecular weight is 383 g/mol. The number of aromatic nitrogens is 1. The molecule has 0 aliphatic heterocycles. The van der Waals surface area contributed by atoms with Gasteiger partial charge in [0, 0.05) is 5.69 Å². The maximum Gasteiger partial charge on any atom is 0.418 e. The van der Waals surface area contributed by atoms with Crippen LogP contribution in [0.25, 0.3) is 10.2 Å². The first-order valence-corrected chi connectivity index (χ1v) is 8.88. The van der Waals surface area contributed by atoms with E-state index in [9.17, 15) is 18.0 Å². The second kappa shape index (κ2) is 6.93. The van der Waals surface area contributed by atoms with E-state index in [2.05, 4.69) is 10.3 Å². The van der Waals surface area contributed by atoms with Crippen LogP contribution < -0.4 is 11.1 Å². The van der Waals surface area contributed by atoms with Crippen LogP contribution in [-0.4, -0.2) is 16.6 Å². The third-order valence-electron chi connectivity index (χ3n) is 3.23. The zero-order valence-corrected chi connectivity index (χ0v) is 14.3. The van der Waals surface area contributed by atoms with Crippen molar-refractivity contribution >= 4 is 50.6 Å². The van der Waals surface area contributed by atoms with Crippen LogP contribution in [0.4, 0.5) is 24.5 Å². The van der Waals surface area contributed by atoms with Crippen LogP contribution in [-0.2, 0) is 11.0 Å². The molecule has 0 aliphatic rings. The van der Waals surface area contributed by atoms with E-state index in [0.717, 1.165) is 16.3 Å². The number of anilines is 2. The van der Waals surface area contributed by atoms with Crippen LogP contribution in [0.1, 0.15) is 5.56 Å². The number of amides is 1. The van der Waals surface area contributed by atoms with Crippen molar-refractivity contribution in [2.75, 3.05) is 16.8 Å². The lowest BCUT2D eigenvalue weighted by atomic mass is 10.1. The Morgan fingerprint density at radius 1 is 1.24 bits per heavy atom. The Kier molecular flexibility index (Phi) is 4.87. The number of halogens is 3. The first kappa shape index (κ1) is 17.6. The quantitative estimate of drug-likeness (QED) is 0.509.